The van der Waals surface area contributed by atoms with Gasteiger partial charge in [0.15, 0.2) is 0 Å². The van der Waals surface area contributed by atoms with Crippen molar-refractivity contribution in [2.75, 3.05) is 20.6 Å². The molecule has 1 aromatic rings. The van der Waals surface area contributed by atoms with Gasteiger partial charge in [-0.05, 0) is 43.8 Å². The summed E-state index contributed by atoms with van der Waals surface area (Å²) in [6.45, 7) is 4.98. The molecule has 1 N–H and O–H groups in total. The molecule has 0 saturated carbocycles. The van der Waals surface area contributed by atoms with Crippen molar-refractivity contribution >= 4 is 5.57 Å². The molecule has 2 nitrogen and oxygen atoms in total. The van der Waals surface area contributed by atoms with E-state index in [0.29, 0.717) is 5.75 Å². The summed E-state index contributed by atoms with van der Waals surface area (Å²) in [6.07, 6.45) is 0.927. The van der Waals surface area contributed by atoms with Crippen LogP contribution in [0.2, 0.25) is 0 Å². The van der Waals surface area contributed by atoms with Crippen LogP contribution in [0.25, 0.3) is 5.57 Å². The molecule has 0 fully saturated rings. The minimum absolute atomic E-state index is 0.300. The van der Waals surface area contributed by atoms with E-state index in [2.05, 4.69) is 11.5 Å². The zero-order chi connectivity index (χ0) is 10.6. The molecule has 0 aliphatic carbocycles. The lowest BCUT2D eigenvalue weighted by Gasteiger charge is -2.11. The molecular weight excluding hydrogens is 174 g/mol. The Balaban J connectivity index is 2.61. The third kappa shape index (κ3) is 3.23. The first-order valence-corrected chi connectivity index (χ1v) is 4.71. The minimum atomic E-state index is 0.300. The summed E-state index contributed by atoms with van der Waals surface area (Å²) in [7, 11) is 4.07. The van der Waals surface area contributed by atoms with Gasteiger partial charge in [0.25, 0.3) is 0 Å². The van der Waals surface area contributed by atoms with Gasteiger partial charge >= 0.3 is 0 Å². The van der Waals surface area contributed by atoms with Crippen LogP contribution in [0.15, 0.2) is 30.8 Å². The van der Waals surface area contributed by atoms with Gasteiger partial charge in [-0.15, -0.1) is 0 Å². The number of benzene rings is 1. The molecule has 0 spiro atoms. The summed E-state index contributed by atoms with van der Waals surface area (Å²) < 4.78 is 0. The average molecular weight is 191 g/mol. The van der Waals surface area contributed by atoms with E-state index in [4.69, 9.17) is 0 Å². The van der Waals surface area contributed by atoms with Gasteiger partial charge in [0, 0.05) is 6.54 Å². The molecule has 0 radical (unpaired) electrons. The highest BCUT2D eigenvalue weighted by Crippen LogP contribution is 2.20. The third-order valence-corrected chi connectivity index (χ3v) is 2.12. The van der Waals surface area contributed by atoms with Crippen LogP contribution in [0.5, 0.6) is 5.75 Å². The molecule has 0 amide bonds. The van der Waals surface area contributed by atoms with Gasteiger partial charge in [-0.1, -0.05) is 18.7 Å². The van der Waals surface area contributed by atoms with Crippen LogP contribution in [-0.4, -0.2) is 30.6 Å². The van der Waals surface area contributed by atoms with Crippen molar-refractivity contribution < 1.29 is 5.11 Å². The Morgan fingerprint density at radius 2 is 2.14 bits per heavy atom. The van der Waals surface area contributed by atoms with E-state index in [1.54, 1.807) is 12.1 Å². The zero-order valence-electron chi connectivity index (χ0n) is 8.83. The number of rotatable bonds is 4. The van der Waals surface area contributed by atoms with Crippen molar-refractivity contribution in [3.05, 3.63) is 36.4 Å². The summed E-state index contributed by atoms with van der Waals surface area (Å²) in [5.74, 6) is 0.300. The van der Waals surface area contributed by atoms with Crippen LogP contribution in [0.1, 0.15) is 12.0 Å². The first-order valence-electron chi connectivity index (χ1n) is 4.71. The molecule has 0 saturated heterocycles. The van der Waals surface area contributed by atoms with Gasteiger partial charge in [0.1, 0.15) is 5.75 Å². The van der Waals surface area contributed by atoms with E-state index in [-0.39, 0.29) is 0 Å². The summed E-state index contributed by atoms with van der Waals surface area (Å²) in [5, 5.41) is 9.29. The van der Waals surface area contributed by atoms with Crippen LogP contribution in [0.4, 0.5) is 0 Å². The number of phenolic OH excluding ortho intramolecular Hbond substituents is 1. The topological polar surface area (TPSA) is 23.5 Å². The first kappa shape index (κ1) is 10.8. The van der Waals surface area contributed by atoms with Gasteiger partial charge in [0.2, 0.25) is 0 Å². The lowest BCUT2D eigenvalue weighted by molar-refractivity contribution is 0.419. The summed E-state index contributed by atoms with van der Waals surface area (Å²) >= 11 is 0. The Labute approximate surface area is 85.5 Å². The number of aromatic hydroxyl groups is 1. The number of hydrogen-bond acceptors (Lipinski definition) is 2. The molecule has 1 aromatic carbocycles. The Hall–Kier alpha value is -1.28. The smallest absolute Gasteiger partial charge is 0.116 e. The monoisotopic (exact) mass is 191 g/mol. The Morgan fingerprint density at radius 3 is 2.71 bits per heavy atom. The highest BCUT2D eigenvalue weighted by molar-refractivity contribution is 5.64. The van der Waals surface area contributed by atoms with E-state index < -0.39 is 0 Å². The van der Waals surface area contributed by atoms with Gasteiger partial charge < -0.3 is 10.0 Å². The Kier molecular flexibility index (Phi) is 3.72. The van der Waals surface area contributed by atoms with Crippen molar-refractivity contribution in [1.29, 1.82) is 0 Å². The molecule has 2 heteroatoms. The predicted molar refractivity (Wildman–Crippen MR) is 60.3 cm³/mol. The molecule has 14 heavy (non-hydrogen) atoms. The lowest BCUT2D eigenvalue weighted by Crippen LogP contribution is -2.13. The van der Waals surface area contributed by atoms with E-state index in [0.717, 1.165) is 24.1 Å². The van der Waals surface area contributed by atoms with E-state index in [1.807, 2.05) is 26.2 Å². The van der Waals surface area contributed by atoms with E-state index in [9.17, 15) is 5.11 Å². The largest absolute Gasteiger partial charge is 0.508 e. The Morgan fingerprint density at radius 1 is 1.43 bits per heavy atom. The fraction of sp³-hybridized carbons (Fsp3) is 0.333. The zero-order valence-corrected chi connectivity index (χ0v) is 8.83. The first-order chi connectivity index (χ1) is 6.59. The van der Waals surface area contributed by atoms with Crippen LogP contribution in [-0.2, 0) is 0 Å². The van der Waals surface area contributed by atoms with Gasteiger partial charge in [0.05, 0.1) is 0 Å². The Bertz CT molecular complexity index is 318. The second kappa shape index (κ2) is 4.82. The quantitative estimate of drug-likeness (QED) is 0.789. The van der Waals surface area contributed by atoms with Crippen molar-refractivity contribution in [1.82, 2.24) is 4.90 Å². The highest BCUT2D eigenvalue weighted by atomic mass is 16.3. The third-order valence-electron chi connectivity index (χ3n) is 2.12. The molecular formula is C12H17NO. The molecule has 0 bridgehead atoms. The summed E-state index contributed by atoms with van der Waals surface area (Å²) in [6, 6.07) is 7.23. The molecule has 0 heterocycles. The second-order valence-corrected chi connectivity index (χ2v) is 3.71. The van der Waals surface area contributed by atoms with E-state index >= 15 is 0 Å². The molecule has 0 atom stereocenters. The van der Waals surface area contributed by atoms with Gasteiger partial charge in [-0.2, -0.15) is 0 Å². The molecule has 76 valence electrons. The number of phenols is 1. The summed E-state index contributed by atoms with van der Waals surface area (Å²) in [4.78, 5) is 2.12. The van der Waals surface area contributed by atoms with Crippen LogP contribution >= 0.6 is 0 Å². The van der Waals surface area contributed by atoms with Crippen LogP contribution in [0, 0.1) is 0 Å². The maximum Gasteiger partial charge on any atom is 0.116 e. The van der Waals surface area contributed by atoms with Crippen LogP contribution in [0.3, 0.4) is 0 Å². The SMILES string of the molecule is C=C(CCN(C)C)c1cccc(O)c1. The maximum atomic E-state index is 9.29. The fourth-order valence-electron chi connectivity index (χ4n) is 1.23. The molecule has 1 rings (SSSR count). The van der Waals surface area contributed by atoms with Crippen molar-refractivity contribution in [2.45, 2.75) is 6.42 Å². The standard InChI is InChI=1S/C12H17NO/c1-10(7-8-13(2)3)11-5-4-6-12(14)9-11/h4-6,9,14H,1,7-8H2,2-3H3. The number of nitrogens with zero attached hydrogens (tertiary/aromatic N) is 1. The maximum absolute atomic E-state index is 9.29. The molecule has 0 unspecified atom stereocenters. The average Bonchev–Trinajstić information content (AvgIpc) is 2.14. The van der Waals surface area contributed by atoms with Gasteiger partial charge in [-0.25, -0.2) is 0 Å². The second-order valence-electron chi connectivity index (χ2n) is 3.71. The lowest BCUT2D eigenvalue weighted by atomic mass is 10.0. The molecule has 0 aliphatic rings. The van der Waals surface area contributed by atoms with Crippen molar-refractivity contribution in [3.8, 4) is 5.75 Å². The van der Waals surface area contributed by atoms with Crippen LogP contribution < -0.4 is 0 Å². The number of hydrogen-bond donors (Lipinski definition) is 1. The van der Waals surface area contributed by atoms with Crippen molar-refractivity contribution in [2.24, 2.45) is 0 Å². The fourth-order valence-corrected chi connectivity index (χ4v) is 1.23. The predicted octanol–water partition coefficient (Wildman–Crippen LogP) is 2.36. The van der Waals surface area contributed by atoms with Gasteiger partial charge in [-0.3, -0.25) is 0 Å². The van der Waals surface area contributed by atoms with E-state index in [1.165, 1.54) is 0 Å². The highest BCUT2D eigenvalue weighted by Gasteiger charge is 2.00. The van der Waals surface area contributed by atoms with Crippen molar-refractivity contribution in [3.63, 3.8) is 0 Å². The molecule has 0 aliphatic heterocycles. The molecule has 0 aromatic heterocycles. The summed E-state index contributed by atoms with van der Waals surface area (Å²) in [5.41, 5.74) is 2.08. The minimum Gasteiger partial charge on any atom is -0.508 e. The normalized spacial score (nSPS) is 10.5.